The zero-order chi connectivity index (χ0) is 25.9. The Morgan fingerprint density at radius 1 is 1.14 bits per heavy atom. The number of halogens is 4. The second-order valence-corrected chi connectivity index (χ2v) is 10.9. The van der Waals surface area contributed by atoms with Crippen LogP contribution in [0.4, 0.5) is 34.8 Å². The van der Waals surface area contributed by atoms with Gasteiger partial charge in [-0.1, -0.05) is 6.92 Å². The molecule has 3 aromatic rings. The first-order valence-electron chi connectivity index (χ1n) is 10.5. The summed E-state index contributed by atoms with van der Waals surface area (Å²) in [6.45, 7) is 2.62. The molecule has 1 heterocycles. The summed E-state index contributed by atoms with van der Waals surface area (Å²) in [7, 11) is -2.53. The van der Waals surface area contributed by atoms with Gasteiger partial charge in [-0.2, -0.15) is 4.36 Å². The summed E-state index contributed by atoms with van der Waals surface area (Å²) in [5, 5.41) is 2.85. The van der Waals surface area contributed by atoms with Crippen LogP contribution in [0.3, 0.4) is 0 Å². The van der Waals surface area contributed by atoms with Crippen molar-refractivity contribution in [1.82, 2.24) is 9.97 Å². The van der Waals surface area contributed by atoms with Crippen LogP contribution in [0.15, 0.2) is 41.0 Å². The predicted octanol–water partition coefficient (Wildman–Crippen LogP) is 5.64. The van der Waals surface area contributed by atoms with Crippen molar-refractivity contribution in [1.29, 1.82) is 0 Å². The van der Waals surface area contributed by atoms with E-state index in [-0.39, 0.29) is 33.8 Å². The van der Waals surface area contributed by atoms with Crippen LogP contribution in [0.2, 0.25) is 0 Å². The fraction of sp³-hybridized carbons (Fsp3) is 0.348. The Bertz CT molecular complexity index is 1370. The smallest absolute Gasteiger partial charge is 0.241 e. The quantitative estimate of drug-likeness (QED) is 0.373. The third kappa shape index (κ3) is 6.87. The molecule has 0 aliphatic carbocycles. The fourth-order valence-electron chi connectivity index (χ4n) is 3.18. The van der Waals surface area contributed by atoms with Gasteiger partial charge in [-0.15, -0.1) is 0 Å². The largest absolute Gasteiger partial charge is 0.481 e. The van der Waals surface area contributed by atoms with Crippen LogP contribution in [0.5, 0.6) is 5.75 Å². The Labute approximate surface area is 200 Å². The maximum Gasteiger partial charge on any atom is 0.241 e. The number of rotatable bonds is 9. The molecule has 1 N–H and O–H groups in total. The Morgan fingerprint density at radius 3 is 2.51 bits per heavy atom. The zero-order valence-corrected chi connectivity index (χ0v) is 20.2. The van der Waals surface area contributed by atoms with Crippen LogP contribution < -0.4 is 10.1 Å². The molecule has 2 aromatic carbocycles. The Hall–Kier alpha value is -3.28. The number of nitrogens with one attached hydrogen (secondary N) is 1. The standard InChI is InChI=1S/C23H24F4N4O3S/c1-12(22(26)27)7-19(32)13(2)34-20-8-14(24)5-6-17(20)30-23-21-16(25)9-15(31-35(3,4)33)10-18(21)28-11-29-23/h5-6,8-13,22H,7H2,1-4H3,(H,28,29,30)/t12?,13-/m1/s1. The van der Waals surface area contributed by atoms with E-state index in [4.69, 9.17) is 4.74 Å². The van der Waals surface area contributed by atoms with E-state index in [1.54, 1.807) is 0 Å². The maximum absolute atomic E-state index is 15.0. The highest BCUT2D eigenvalue weighted by atomic mass is 32.2. The molecule has 1 unspecified atom stereocenters. The van der Waals surface area contributed by atoms with E-state index in [9.17, 15) is 26.6 Å². The number of alkyl halides is 2. The molecule has 35 heavy (non-hydrogen) atoms. The summed E-state index contributed by atoms with van der Waals surface area (Å²) in [6.07, 6.45) is -0.206. The lowest BCUT2D eigenvalue weighted by Gasteiger charge is -2.19. The fourth-order valence-corrected chi connectivity index (χ4v) is 3.80. The van der Waals surface area contributed by atoms with Gasteiger partial charge in [0.1, 0.15) is 29.5 Å². The lowest BCUT2D eigenvalue weighted by atomic mass is 10.0. The van der Waals surface area contributed by atoms with Crippen LogP contribution in [0, 0.1) is 17.6 Å². The van der Waals surface area contributed by atoms with Crippen molar-refractivity contribution < 1.29 is 31.3 Å². The molecule has 0 radical (unpaired) electrons. The van der Waals surface area contributed by atoms with Crippen LogP contribution in [0.25, 0.3) is 10.9 Å². The summed E-state index contributed by atoms with van der Waals surface area (Å²) in [5.41, 5.74) is 0.482. The molecule has 0 aliphatic rings. The zero-order valence-electron chi connectivity index (χ0n) is 19.4. The number of hydrogen-bond acceptors (Lipinski definition) is 7. The molecule has 7 nitrogen and oxygen atoms in total. The normalized spacial score (nSPS) is 13.5. The van der Waals surface area contributed by atoms with Crippen LogP contribution in [-0.4, -0.2) is 45.0 Å². The van der Waals surface area contributed by atoms with E-state index in [0.29, 0.717) is 0 Å². The number of Topliss-reactive ketones (excluding diaryl/α,β-unsaturated/α-hetero) is 1. The first-order valence-corrected chi connectivity index (χ1v) is 12.8. The summed E-state index contributed by atoms with van der Waals surface area (Å²) >= 11 is 0. The summed E-state index contributed by atoms with van der Waals surface area (Å²) in [4.78, 5) is 20.4. The minimum absolute atomic E-state index is 0.00434. The summed E-state index contributed by atoms with van der Waals surface area (Å²) < 4.78 is 76.0. The van der Waals surface area contributed by atoms with Gasteiger partial charge < -0.3 is 10.1 Å². The molecule has 2 atom stereocenters. The monoisotopic (exact) mass is 512 g/mol. The highest BCUT2D eigenvalue weighted by Gasteiger charge is 2.24. The average molecular weight is 513 g/mol. The van der Waals surface area contributed by atoms with Gasteiger partial charge in [-0.3, -0.25) is 4.79 Å². The molecule has 0 amide bonds. The van der Waals surface area contributed by atoms with Gasteiger partial charge in [0, 0.05) is 46.7 Å². The van der Waals surface area contributed by atoms with Crippen LogP contribution in [-0.2, 0) is 14.5 Å². The topological polar surface area (TPSA) is 93.5 Å². The molecule has 12 heteroatoms. The van der Waals surface area contributed by atoms with Gasteiger partial charge >= 0.3 is 0 Å². The van der Waals surface area contributed by atoms with Crippen LogP contribution >= 0.6 is 0 Å². The number of benzene rings is 2. The number of fused-ring (bicyclic) bond motifs is 1. The minimum Gasteiger partial charge on any atom is -0.481 e. The molecular formula is C23H24F4N4O3S. The third-order valence-corrected chi connectivity index (χ3v) is 5.56. The lowest BCUT2D eigenvalue weighted by molar-refractivity contribution is -0.127. The molecular weight excluding hydrogens is 488 g/mol. The van der Waals surface area contributed by atoms with E-state index in [0.717, 1.165) is 18.2 Å². The summed E-state index contributed by atoms with van der Waals surface area (Å²) in [5.74, 6) is -3.20. The highest BCUT2D eigenvalue weighted by molar-refractivity contribution is 7.92. The maximum atomic E-state index is 15.0. The van der Waals surface area contributed by atoms with Gasteiger partial charge in [-0.05, 0) is 25.1 Å². The van der Waals surface area contributed by atoms with Gasteiger partial charge in [0.25, 0.3) is 0 Å². The number of ether oxygens (including phenoxy) is 1. The van der Waals surface area contributed by atoms with E-state index in [1.165, 1.54) is 44.8 Å². The van der Waals surface area contributed by atoms with Crippen LogP contribution in [0.1, 0.15) is 20.3 Å². The molecule has 0 bridgehead atoms. The Morgan fingerprint density at radius 2 is 1.86 bits per heavy atom. The number of carbonyl (C=O) groups excluding carboxylic acids is 1. The molecule has 0 spiro atoms. The number of anilines is 2. The van der Waals surface area contributed by atoms with E-state index >= 15 is 0 Å². The first kappa shape index (κ1) is 26.3. The number of carbonyl (C=O) groups is 1. The molecule has 0 saturated carbocycles. The average Bonchev–Trinajstić information content (AvgIpc) is 2.74. The molecule has 0 aliphatic heterocycles. The van der Waals surface area contributed by atoms with Gasteiger partial charge in [0.2, 0.25) is 6.43 Å². The van der Waals surface area contributed by atoms with Crippen molar-refractivity contribution in [2.75, 3.05) is 17.8 Å². The molecule has 188 valence electrons. The van der Waals surface area contributed by atoms with Crippen molar-refractivity contribution in [2.45, 2.75) is 32.8 Å². The van der Waals surface area contributed by atoms with Crippen molar-refractivity contribution >= 4 is 43.6 Å². The SMILES string of the molecule is CC(CC(=O)[C@@H](C)Oc1cc(F)ccc1Nc1ncnc2cc(N=S(C)(C)=O)cc(F)c12)C(F)F. The molecule has 0 saturated heterocycles. The number of aromatic nitrogens is 2. The Balaban J connectivity index is 1.94. The van der Waals surface area contributed by atoms with Crippen molar-refractivity contribution in [3.63, 3.8) is 0 Å². The van der Waals surface area contributed by atoms with E-state index in [1.807, 2.05) is 0 Å². The highest BCUT2D eigenvalue weighted by Crippen LogP contribution is 2.34. The first-order chi connectivity index (χ1) is 16.3. The van der Waals surface area contributed by atoms with E-state index in [2.05, 4.69) is 19.6 Å². The lowest BCUT2D eigenvalue weighted by Crippen LogP contribution is -2.27. The minimum atomic E-state index is -2.66. The van der Waals surface area contributed by atoms with Crippen molar-refractivity contribution in [3.8, 4) is 5.75 Å². The van der Waals surface area contributed by atoms with Gasteiger partial charge in [-0.25, -0.2) is 31.7 Å². The summed E-state index contributed by atoms with van der Waals surface area (Å²) in [6, 6.07) is 5.98. The van der Waals surface area contributed by atoms with Crippen molar-refractivity contribution in [3.05, 3.63) is 48.3 Å². The third-order valence-electron chi connectivity index (χ3n) is 4.91. The second-order valence-electron chi connectivity index (χ2n) is 8.32. The molecule has 3 rings (SSSR count). The molecule has 1 aromatic heterocycles. The molecule has 0 fully saturated rings. The number of nitrogens with zero attached hydrogens (tertiary/aromatic N) is 3. The second kappa shape index (κ2) is 10.5. The van der Waals surface area contributed by atoms with Gasteiger partial charge in [0.15, 0.2) is 11.9 Å². The van der Waals surface area contributed by atoms with Crippen molar-refractivity contribution in [2.24, 2.45) is 10.3 Å². The van der Waals surface area contributed by atoms with E-state index < -0.39 is 52.0 Å². The predicted molar refractivity (Wildman–Crippen MR) is 126 cm³/mol. The number of ketones is 1. The number of hydrogen-bond donors (Lipinski definition) is 1. The Kier molecular flexibility index (Phi) is 7.93. The van der Waals surface area contributed by atoms with Gasteiger partial charge in [0.05, 0.1) is 22.3 Å².